The molecule has 0 aromatic rings. The molecular weight excluding hydrogens is 154 g/mol. The van der Waals surface area contributed by atoms with Crippen molar-refractivity contribution >= 4 is 17.1 Å². The second kappa shape index (κ2) is 3.91. The van der Waals surface area contributed by atoms with Crippen LogP contribution in [-0.4, -0.2) is 25.6 Å². The first-order chi connectivity index (χ1) is 5.09. The second-order valence-electron chi connectivity index (χ2n) is 3.75. The molecule has 1 aliphatic heterocycles. The van der Waals surface area contributed by atoms with Crippen molar-refractivity contribution in [1.29, 1.82) is 0 Å². The molecule has 1 saturated heterocycles. The molecule has 62 valence electrons. The number of hydrogen-bond acceptors (Lipinski definition) is 1. The van der Waals surface area contributed by atoms with Crippen molar-refractivity contribution in [3.63, 3.8) is 0 Å². The van der Waals surface area contributed by atoms with Crippen LogP contribution in [0.25, 0.3) is 0 Å². The summed E-state index contributed by atoms with van der Waals surface area (Å²) in [5.74, 6) is 0.711. The van der Waals surface area contributed by atoms with Gasteiger partial charge >= 0.3 is 0 Å². The summed E-state index contributed by atoms with van der Waals surface area (Å²) in [4.78, 5) is 0. The average molecular weight is 170 g/mol. The highest BCUT2D eigenvalue weighted by Crippen LogP contribution is 2.28. The molecule has 0 spiro atoms. The molecule has 1 nitrogen and oxygen atoms in total. The van der Waals surface area contributed by atoms with Gasteiger partial charge in [0.1, 0.15) is 7.85 Å². The highest BCUT2D eigenvalue weighted by molar-refractivity contribution is 7.17. The minimum atomic E-state index is -0.0521. The van der Waals surface area contributed by atoms with Gasteiger partial charge in [-0.2, -0.15) is 0 Å². The lowest BCUT2D eigenvalue weighted by molar-refractivity contribution is 0.0737. The van der Waals surface area contributed by atoms with Crippen molar-refractivity contribution in [2.75, 3.05) is 0 Å². The maximum absolute atomic E-state index is 5.70. The Morgan fingerprint density at radius 3 is 2.64 bits per heavy atom. The molecule has 1 rings (SSSR count). The molecule has 1 heterocycles. The molecular formula is C8H16BOP. The predicted octanol–water partition coefficient (Wildman–Crippen LogP) is 1.56. The second-order valence-corrected chi connectivity index (χ2v) is 4.61. The van der Waals surface area contributed by atoms with Crippen LogP contribution < -0.4 is 0 Å². The van der Waals surface area contributed by atoms with Crippen LogP contribution in [0.2, 0.25) is 0 Å². The van der Waals surface area contributed by atoms with Crippen molar-refractivity contribution in [1.82, 2.24) is 0 Å². The summed E-state index contributed by atoms with van der Waals surface area (Å²) in [6.45, 7) is 4.43. The first-order valence-corrected chi connectivity index (χ1v) is 4.93. The molecule has 4 atom stereocenters. The smallest absolute Gasteiger partial charge is 0.109 e. The number of ether oxygens (including phenoxy) is 1. The van der Waals surface area contributed by atoms with Crippen LogP contribution in [0.15, 0.2) is 0 Å². The topological polar surface area (TPSA) is 9.23 Å². The Hall–Kier alpha value is 0.455. The molecule has 1 fully saturated rings. The molecule has 0 aromatic heterocycles. The fraction of sp³-hybridized carbons (Fsp3) is 1.00. The first kappa shape index (κ1) is 9.54. The molecule has 1 aliphatic rings. The van der Waals surface area contributed by atoms with Crippen molar-refractivity contribution in [2.45, 2.75) is 44.5 Å². The third-order valence-electron chi connectivity index (χ3n) is 2.04. The van der Waals surface area contributed by atoms with Gasteiger partial charge in [0.15, 0.2) is 0 Å². The van der Waals surface area contributed by atoms with Crippen molar-refractivity contribution in [2.24, 2.45) is 5.92 Å². The van der Waals surface area contributed by atoms with Crippen LogP contribution in [0.1, 0.15) is 26.7 Å². The SMILES string of the molecule is [B]C1OC(CC(C)C)CC1P. The quantitative estimate of drug-likeness (QED) is 0.451. The van der Waals surface area contributed by atoms with E-state index in [0.717, 1.165) is 12.8 Å². The van der Waals surface area contributed by atoms with E-state index in [-0.39, 0.29) is 6.00 Å². The lowest BCUT2D eigenvalue weighted by atomic mass is 9.96. The summed E-state index contributed by atoms with van der Waals surface area (Å²) in [5, 5.41) is 0. The van der Waals surface area contributed by atoms with Gasteiger partial charge in [-0.25, -0.2) is 0 Å². The van der Waals surface area contributed by atoms with Crippen LogP contribution >= 0.6 is 9.24 Å². The third kappa shape index (κ3) is 2.76. The van der Waals surface area contributed by atoms with E-state index >= 15 is 0 Å². The highest BCUT2D eigenvalue weighted by Gasteiger charge is 2.28. The van der Waals surface area contributed by atoms with Gasteiger partial charge < -0.3 is 4.74 Å². The fourth-order valence-electron chi connectivity index (χ4n) is 1.49. The van der Waals surface area contributed by atoms with E-state index < -0.39 is 0 Å². The number of rotatable bonds is 2. The molecule has 0 saturated carbocycles. The van der Waals surface area contributed by atoms with E-state index in [1.807, 2.05) is 0 Å². The van der Waals surface area contributed by atoms with Crippen LogP contribution in [0, 0.1) is 5.92 Å². The van der Waals surface area contributed by atoms with E-state index in [1.54, 1.807) is 0 Å². The molecule has 0 amide bonds. The van der Waals surface area contributed by atoms with Crippen LogP contribution in [0.4, 0.5) is 0 Å². The van der Waals surface area contributed by atoms with E-state index in [9.17, 15) is 0 Å². The summed E-state index contributed by atoms with van der Waals surface area (Å²) < 4.78 is 5.54. The first-order valence-electron chi connectivity index (χ1n) is 4.26. The molecule has 0 bridgehead atoms. The lowest BCUT2D eigenvalue weighted by Crippen LogP contribution is -2.15. The maximum Gasteiger partial charge on any atom is 0.109 e. The van der Waals surface area contributed by atoms with Gasteiger partial charge in [-0.3, -0.25) is 0 Å². The van der Waals surface area contributed by atoms with Crippen molar-refractivity contribution in [3.8, 4) is 0 Å². The summed E-state index contributed by atoms with van der Waals surface area (Å²) in [6.07, 6.45) is 2.63. The molecule has 0 aliphatic carbocycles. The molecule has 3 heteroatoms. The van der Waals surface area contributed by atoms with Gasteiger partial charge in [0, 0.05) is 6.00 Å². The molecule has 11 heavy (non-hydrogen) atoms. The summed E-state index contributed by atoms with van der Waals surface area (Å²) in [6, 6.07) is -0.0521. The number of hydrogen-bond donors (Lipinski definition) is 0. The Morgan fingerprint density at radius 2 is 2.27 bits per heavy atom. The van der Waals surface area contributed by atoms with Gasteiger partial charge in [-0.1, -0.05) is 13.8 Å². The summed E-state index contributed by atoms with van der Waals surface area (Å²) in [5.41, 5.74) is 0.457. The van der Waals surface area contributed by atoms with Gasteiger partial charge in [-0.15, -0.1) is 9.24 Å². The Morgan fingerprint density at radius 1 is 1.64 bits per heavy atom. The van der Waals surface area contributed by atoms with E-state index in [1.165, 1.54) is 0 Å². The lowest BCUT2D eigenvalue weighted by Gasteiger charge is -2.12. The summed E-state index contributed by atoms with van der Waals surface area (Å²) >= 11 is 0. The monoisotopic (exact) mass is 170 g/mol. The van der Waals surface area contributed by atoms with E-state index in [0.29, 0.717) is 17.7 Å². The van der Waals surface area contributed by atoms with Gasteiger partial charge in [0.05, 0.1) is 6.10 Å². The predicted molar refractivity (Wildman–Crippen MR) is 52.0 cm³/mol. The molecule has 2 radical (unpaired) electrons. The zero-order valence-electron chi connectivity index (χ0n) is 7.29. The Kier molecular flexibility index (Phi) is 3.39. The largest absolute Gasteiger partial charge is 0.384 e. The Bertz CT molecular complexity index is 117. The Balaban J connectivity index is 2.29. The zero-order chi connectivity index (χ0) is 8.43. The molecule has 0 N–H and O–H groups in total. The van der Waals surface area contributed by atoms with Crippen LogP contribution in [0.5, 0.6) is 0 Å². The molecule has 4 unspecified atom stereocenters. The minimum absolute atomic E-state index is 0.0521. The van der Waals surface area contributed by atoms with E-state index in [2.05, 4.69) is 23.1 Å². The normalized spacial score (nSPS) is 38.4. The van der Waals surface area contributed by atoms with Gasteiger partial charge in [0.25, 0.3) is 0 Å². The van der Waals surface area contributed by atoms with Crippen LogP contribution in [-0.2, 0) is 4.74 Å². The average Bonchev–Trinajstić information content (AvgIpc) is 2.10. The highest BCUT2D eigenvalue weighted by atomic mass is 31.0. The fourth-order valence-corrected chi connectivity index (χ4v) is 1.89. The van der Waals surface area contributed by atoms with Gasteiger partial charge in [0.2, 0.25) is 0 Å². The summed E-state index contributed by atoms with van der Waals surface area (Å²) in [7, 11) is 8.45. The minimum Gasteiger partial charge on any atom is -0.384 e. The standard InChI is InChI=1S/C8H16BOP/c1-5(2)3-6-4-7(11)8(9)10-6/h5-8H,3-4,11H2,1-2H3. The third-order valence-corrected chi connectivity index (χ3v) is 2.69. The maximum atomic E-state index is 5.70. The van der Waals surface area contributed by atoms with Gasteiger partial charge in [-0.05, 0) is 24.4 Å². The molecule has 0 aromatic carbocycles. The van der Waals surface area contributed by atoms with E-state index in [4.69, 9.17) is 12.6 Å². The van der Waals surface area contributed by atoms with Crippen LogP contribution in [0.3, 0.4) is 0 Å². The Labute approximate surface area is 72.9 Å². The van der Waals surface area contributed by atoms with Crippen molar-refractivity contribution in [3.05, 3.63) is 0 Å². The zero-order valence-corrected chi connectivity index (χ0v) is 8.44. The van der Waals surface area contributed by atoms with Crippen molar-refractivity contribution < 1.29 is 4.74 Å².